The summed E-state index contributed by atoms with van der Waals surface area (Å²) >= 11 is 7.41. The molecule has 5 heterocycles. The van der Waals surface area contributed by atoms with Crippen LogP contribution in [-0.4, -0.2) is 60.5 Å². The van der Waals surface area contributed by atoms with E-state index in [1.807, 2.05) is 26.0 Å². The van der Waals surface area contributed by atoms with E-state index in [9.17, 15) is 18.8 Å². The summed E-state index contributed by atoms with van der Waals surface area (Å²) in [6, 6.07) is 14.9. The Bertz CT molecular complexity index is 2200. The van der Waals surface area contributed by atoms with Crippen LogP contribution < -0.4 is 15.5 Å². The van der Waals surface area contributed by atoms with Crippen molar-refractivity contribution in [2.45, 2.75) is 53.4 Å². The number of nitrogens with one attached hydrogen (secondary N) is 3. The molecule has 1 spiro atoms. The van der Waals surface area contributed by atoms with Gasteiger partial charge in [0.15, 0.2) is 0 Å². The van der Waals surface area contributed by atoms with E-state index < -0.39 is 11.7 Å². The number of carbonyl (C=O) groups is 3. The SMILES string of the molecule is CC/C(C)=C/C(C)=C\C(C(=O)Nc1ccc(C(=O)N2CCc3cc(C(=O)Nc4c(F)cccc4Cl)sc3-c3[nH]ccc32)cc1)=C(/C)N1CC2(CCOCC2)C1. The van der Waals surface area contributed by atoms with Gasteiger partial charge in [-0.2, -0.15) is 0 Å². The van der Waals surface area contributed by atoms with Crippen LogP contribution in [0.15, 0.2) is 95.4 Å². The molecular weight excluding hydrogens is 737 g/mol. The smallest absolute Gasteiger partial charge is 0.265 e. The van der Waals surface area contributed by atoms with Crippen molar-refractivity contribution in [2.24, 2.45) is 5.41 Å². The highest BCUT2D eigenvalue weighted by molar-refractivity contribution is 7.17. The summed E-state index contributed by atoms with van der Waals surface area (Å²) in [5, 5.41) is 5.80. The second-order valence-corrected chi connectivity index (χ2v) is 16.2. The maximum absolute atomic E-state index is 14.4. The molecule has 0 radical (unpaired) electrons. The highest BCUT2D eigenvalue weighted by atomic mass is 35.5. The first-order chi connectivity index (χ1) is 26.4. The van der Waals surface area contributed by atoms with Crippen LogP contribution in [0.1, 0.15) is 72.6 Å². The van der Waals surface area contributed by atoms with Crippen molar-refractivity contribution in [3.63, 3.8) is 0 Å². The van der Waals surface area contributed by atoms with E-state index in [0.29, 0.717) is 40.4 Å². The van der Waals surface area contributed by atoms with Crippen molar-refractivity contribution in [2.75, 3.05) is 48.4 Å². The first-order valence-electron chi connectivity index (χ1n) is 18.6. The van der Waals surface area contributed by atoms with Crippen LogP contribution in [0.2, 0.25) is 5.02 Å². The zero-order valence-electron chi connectivity index (χ0n) is 31.5. The Morgan fingerprint density at radius 3 is 2.47 bits per heavy atom. The summed E-state index contributed by atoms with van der Waals surface area (Å²) in [5.74, 6) is -1.47. The highest BCUT2D eigenvalue weighted by Crippen LogP contribution is 2.43. The Labute approximate surface area is 329 Å². The number of fused-ring (bicyclic) bond motifs is 3. The number of hydrogen-bond donors (Lipinski definition) is 3. The Balaban J connectivity index is 1.06. The number of para-hydroxylation sites is 1. The van der Waals surface area contributed by atoms with Crippen molar-refractivity contribution in [3.8, 4) is 10.6 Å². The molecule has 0 aliphatic carbocycles. The van der Waals surface area contributed by atoms with Crippen LogP contribution in [0, 0.1) is 11.2 Å². The number of halogens is 2. The number of H-pyrrole nitrogens is 1. The van der Waals surface area contributed by atoms with Crippen LogP contribution >= 0.6 is 22.9 Å². The summed E-state index contributed by atoms with van der Waals surface area (Å²) in [6.07, 6.45) is 9.38. The Morgan fingerprint density at radius 1 is 1.02 bits per heavy atom. The molecule has 0 atom stereocenters. The molecule has 3 amide bonds. The fraction of sp³-hybridized carbons (Fsp3) is 0.326. The Kier molecular flexibility index (Phi) is 11.2. The molecule has 2 aromatic heterocycles. The van der Waals surface area contributed by atoms with E-state index in [2.05, 4.69) is 40.4 Å². The quantitative estimate of drug-likeness (QED) is 0.116. The minimum atomic E-state index is -0.615. The molecule has 55 heavy (non-hydrogen) atoms. The van der Waals surface area contributed by atoms with Crippen molar-refractivity contribution in [1.82, 2.24) is 9.88 Å². The summed E-state index contributed by atoms with van der Waals surface area (Å²) in [7, 11) is 0. The molecule has 286 valence electrons. The summed E-state index contributed by atoms with van der Waals surface area (Å²) in [6.45, 7) is 12.0. The third kappa shape index (κ3) is 8.06. The van der Waals surface area contributed by atoms with E-state index in [1.54, 1.807) is 41.4 Å². The van der Waals surface area contributed by atoms with Gasteiger partial charge in [0, 0.05) is 61.4 Å². The van der Waals surface area contributed by atoms with Crippen molar-refractivity contribution in [1.29, 1.82) is 0 Å². The monoisotopic (exact) mass is 781 g/mol. The predicted molar refractivity (Wildman–Crippen MR) is 218 cm³/mol. The molecule has 3 aliphatic heterocycles. The number of hydrogen-bond acceptors (Lipinski definition) is 6. The van der Waals surface area contributed by atoms with Gasteiger partial charge < -0.3 is 30.2 Å². The second-order valence-electron chi connectivity index (χ2n) is 14.7. The van der Waals surface area contributed by atoms with Gasteiger partial charge in [0.25, 0.3) is 17.7 Å². The number of rotatable bonds is 9. The largest absolute Gasteiger partial charge is 0.381 e. The summed E-state index contributed by atoms with van der Waals surface area (Å²) in [4.78, 5) is 49.6. The number of anilines is 3. The number of thiophene rings is 1. The molecule has 2 fully saturated rings. The molecule has 2 saturated heterocycles. The maximum atomic E-state index is 14.4. The Morgan fingerprint density at radius 2 is 1.76 bits per heavy atom. The number of amides is 3. The second kappa shape index (κ2) is 16.0. The summed E-state index contributed by atoms with van der Waals surface area (Å²) < 4.78 is 20.0. The normalized spacial score (nSPS) is 17.1. The molecule has 0 unspecified atom stereocenters. The van der Waals surface area contributed by atoms with Gasteiger partial charge in [0.1, 0.15) is 5.82 Å². The fourth-order valence-electron chi connectivity index (χ4n) is 7.50. The van der Waals surface area contributed by atoms with Gasteiger partial charge in [-0.1, -0.05) is 41.8 Å². The summed E-state index contributed by atoms with van der Waals surface area (Å²) in [5.41, 5.74) is 7.40. The van der Waals surface area contributed by atoms with Gasteiger partial charge >= 0.3 is 0 Å². The maximum Gasteiger partial charge on any atom is 0.265 e. The van der Waals surface area contributed by atoms with Crippen molar-refractivity contribution in [3.05, 3.63) is 122 Å². The van der Waals surface area contributed by atoms with Gasteiger partial charge in [-0.3, -0.25) is 14.4 Å². The van der Waals surface area contributed by atoms with Crippen LogP contribution in [0.4, 0.5) is 21.5 Å². The van der Waals surface area contributed by atoms with Crippen LogP contribution in [-0.2, 0) is 16.0 Å². The number of allylic oxidation sites excluding steroid dienone is 4. The molecule has 0 saturated carbocycles. The van der Waals surface area contributed by atoms with Gasteiger partial charge in [0.2, 0.25) is 0 Å². The van der Waals surface area contributed by atoms with E-state index in [4.69, 9.17) is 16.3 Å². The lowest BCUT2D eigenvalue weighted by molar-refractivity contribution is -0.113. The van der Waals surface area contributed by atoms with Crippen LogP contribution in [0.5, 0.6) is 0 Å². The van der Waals surface area contributed by atoms with E-state index in [1.165, 1.54) is 35.1 Å². The number of nitrogens with zero attached hydrogens (tertiary/aromatic N) is 2. The minimum absolute atomic E-state index is 0.0650. The van der Waals surface area contributed by atoms with Crippen LogP contribution in [0.3, 0.4) is 0 Å². The molecule has 2 aromatic carbocycles. The molecule has 0 bridgehead atoms. The highest BCUT2D eigenvalue weighted by Gasteiger charge is 2.44. The number of benzene rings is 2. The lowest BCUT2D eigenvalue weighted by Gasteiger charge is -2.54. The molecule has 4 aromatic rings. The molecule has 3 aliphatic rings. The fourth-order valence-corrected chi connectivity index (χ4v) is 8.83. The van der Waals surface area contributed by atoms with Gasteiger partial charge in [-0.05, 0) is 107 Å². The van der Waals surface area contributed by atoms with Gasteiger partial charge in [0.05, 0.1) is 37.4 Å². The number of carbonyl (C=O) groups excluding carboxylic acids is 3. The van der Waals surface area contributed by atoms with Crippen molar-refractivity contribution < 1.29 is 23.5 Å². The lowest BCUT2D eigenvalue weighted by atomic mass is 9.73. The van der Waals surface area contributed by atoms with E-state index >= 15 is 0 Å². The average molecular weight is 782 g/mol. The van der Waals surface area contributed by atoms with Crippen LogP contribution in [0.25, 0.3) is 10.6 Å². The standard InChI is InChI=1S/C43H45ClFN5O4S/c1-5-26(2)21-27(3)22-32(28(4)49-24-43(25-49)15-19-54-20-16-43)40(51)47-31-11-9-29(10-12-31)42(53)50-18-14-30-23-36(55-39(30)38-35(50)13-17-46-38)41(52)48-37-33(44)7-6-8-34(37)45/h6-13,17,21-23,46H,5,14-16,18-20,24-25H2,1-4H3,(H,47,51)(H,48,52)/b26-21+,27-22-,32-28-. The first kappa shape index (κ1) is 38.3. The van der Waals surface area contributed by atoms with E-state index in [-0.39, 0.29) is 27.9 Å². The first-order valence-corrected chi connectivity index (χ1v) is 19.8. The molecule has 9 nitrogen and oxygen atoms in total. The minimum Gasteiger partial charge on any atom is -0.381 e. The lowest BCUT2D eigenvalue weighted by Crippen LogP contribution is -2.57. The van der Waals surface area contributed by atoms with Gasteiger partial charge in [-0.15, -0.1) is 11.3 Å². The molecule has 7 rings (SSSR count). The average Bonchev–Trinajstić information content (AvgIpc) is 3.79. The third-order valence-electron chi connectivity index (χ3n) is 10.8. The van der Waals surface area contributed by atoms with E-state index in [0.717, 1.165) is 73.0 Å². The predicted octanol–water partition coefficient (Wildman–Crippen LogP) is 9.62. The number of aromatic amines is 1. The number of aromatic nitrogens is 1. The molecule has 12 heteroatoms. The third-order valence-corrected chi connectivity index (χ3v) is 12.3. The van der Waals surface area contributed by atoms with Crippen molar-refractivity contribution >= 4 is 57.7 Å². The number of ether oxygens (including phenoxy) is 1. The topological polar surface area (TPSA) is 107 Å². The Hall–Kier alpha value is -4.97. The molecule has 3 N–H and O–H groups in total. The zero-order chi connectivity index (χ0) is 38.9. The van der Waals surface area contributed by atoms with Gasteiger partial charge in [-0.25, -0.2) is 4.39 Å². The number of likely N-dealkylation sites (tertiary alicyclic amines) is 1. The zero-order valence-corrected chi connectivity index (χ0v) is 33.1. The molecular formula is C43H45ClFN5O4S.